The molecule has 0 heterocycles. The molecule has 0 aromatic heterocycles. The van der Waals surface area contributed by atoms with Gasteiger partial charge in [0.05, 0.1) is 22.3 Å². The Labute approximate surface area is 189 Å². The van der Waals surface area contributed by atoms with E-state index in [1.54, 1.807) is 14.2 Å². The molecule has 0 spiro atoms. The van der Waals surface area contributed by atoms with E-state index < -0.39 is 14.0 Å². The van der Waals surface area contributed by atoms with E-state index in [1.807, 2.05) is 18.2 Å². The van der Waals surface area contributed by atoms with Crippen molar-refractivity contribution in [1.82, 2.24) is 0 Å². The van der Waals surface area contributed by atoms with Crippen molar-refractivity contribution in [2.45, 2.75) is 77.6 Å². The number of esters is 1. The number of hydrogen-bond acceptors (Lipinski definition) is 4. The van der Waals surface area contributed by atoms with Gasteiger partial charge < -0.3 is 14.2 Å². The Hall–Kier alpha value is -2.01. The van der Waals surface area contributed by atoms with Crippen molar-refractivity contribution >= 4 is 14.0 Å². The molecule has 4 nitrogen and oxygen atoms in total. The lowest BCUT2D eigenvalue weighted by Gasteiger charge is -2.31. The summed E-state index contributed by atoms with van der Waals surface area (Å²) in [4.78, 5) is 13.4. The summed E-state index contributed by atoms with van der Waals surface area (Å²) < 4.78 is 17.4. The van der Waals surface area contributed by atoms with Gasteiger partial charge in [-0.1, -0.05) is 73.3 Å². The summed E-state index contributed by atoms with van der Waals surface area (Å²) >= 11 is 0. The molecule has 0 amide bonds. The largest absolute Gasteiger partial charge is 0.500 e. The lowest BCUT2D eigenvalue weighted by molar-refractivity contribution is -0.137. The number of benzene rings is 1. The van der Waals surface area contributed by atoms with Gasteiger partial charge >= 0.3 is 5.97 Å². The minimum Gasteiger partial charge on any atom is -0.500 e. The second-order valence-corrected chi connectivity index (χ2v) is 16.9. The van der Waals surface area contributed by atoms with E-state index >= 15 is 0 Å². The van der Waals surface area contributed by atoms with E-state index in [9.17, 15) is 4.79 Å². The monoisotopic (exact) mass is 444 g/mol. The molecule has 2 unspecified atom stereocenters. The molecule has 0 saturated heterocycles. The van der Waals surface area contributed by atoms with Gasteiger partial charge in [-0.3, -0.25) is 4.79 Å². The lowest BCUT2D eigenvalue weighted by atomic mass is 9.79. The zero-order chi connectivity index (χ0) is 23.8. The Balaban J connectivity index is 2.53. The van der Waals surface area contributed by atoms with Crippen LogP contribution in [0.1, 0.15) is 52.7 Å². The number of rotatable bonds is 5. The fourth-order valence-electron chi connectivity index (χ4n) is 3.70. The van der Waals surface area contributed by atoms with Crippen LogP contribution in [0.4, 0.5) is 0 Å². The normalized spacial score (nSPS) is 19.6. The van der Waals surface area contributed by atoms with Gasteiger partial charge in [0.25, 0.3) is 0 Å². The highest BCUT2D eigenvalue weighted by Crippen LogP contribution is 2.43. The lowest BCUT2D eigenvalue weighted by Crippen LogP contribution is -2.31. The first kappa shape index (κ1) is 25.2. The smallest absolute Gasteiger partial charge is 0.325 e. The van der Waals surface area contributed by atoms with Crippen LogP contribution in [0.3, 0.4) is 0 Å². The molecule has 0 N–H and O–H groups in total. The Morgan fingerprint density at radius 1 is 0.871 bits per heavy atom. The molecular weight excluding hydrogens is 404 g/mol. The van der Waals surface area contributed by atoms with Crippen LogP contribution in [-0.4, -0.2) is 28.3 Å². The van der Waals surface area contributed by atoms with Crippen LogP contribution in [0.25, 0.3) is 0 Å². The van der Waals surface area contributed by atoms with Crippen molar-refractivity contribution < 1.29 is 19.0 Å². The summed E-state index contributed by atoms with van der Waals surface area (Å²) in [5.41, 5.74) is 1.79. The fourth-order valence-corrected chi connectivity index (χ4v) is 5.05. The number of ether oxygens (including phenoxy) is 3. The van der Waals surface area contributed by atoms with Crippen LogP contribution in [0.2, 0.25) is 25.2 Å². The van der Waals surface area contributed by atoms with Crippen LogP contribution in [-0.2, 0) is 20.4 Å². The van der Waals surface area contributed by atoms with Crippen molar-refractivity contribution in [2.75, 3.05) is 14.2 Å². The molecule has 2 atom stereocenters. The second-order valence-electron chi connectivity index (χ2n) is 11.5. The molecular formula is C26H40O4Si. The average molecular weight is 445 g/mol. The quantitative estimate of drug-likeness (QED) is 0.221. The van der Waals surface area contributed by atoms with Crippen LogP contribution in [0.5, 0.6) is 11.5 Å². The minimum atomic E-state index is -1.44. The number of carbonyl (C=O) groups is 1. The number of allylic oxidation sites excluding steroid dienone is 2. The van der Waals surface area contributed by atoms with Gasteiger partial charge in [0.1, 0.15) is 23.2 Å². The van der Waals surface area contributed by atoms with E-state index in [0.29, 0.717) is 17.0 Å². The van der Waals surface area contributed by atoms with Crippen LogP contribution in [0, 0.1) is 5.92 Å². The molecule has 0 aliphatic heterocycles. The highest BCUT2D eigenvalue weighted by molar-refractivity contribution is 6.78. The molecule has 0 saturated carbocycles. The van der Waals surface area contributed by atoms with Gasteiger partial charge in [-0.2, -0.15) is 0 Å². The summed E-state index contributed by atoms with van der Waals surface area (Å²) in [6.07, 6.45) is 6.19. The Kier molecular flexibility index (Phi) is 7.21. The number of methoxy groups -OCH3 is 2. The number of carbonyl (C=O) groups excluding carboxylic acids is 1. The van der Waals surface area contributed by atoms with E-state index in [-0.39, 0.29) is 16.8 Å². The maximum absolute atomic E-state index is 13.4. The summed E-state index contributed by atoms with van der Waals surface area (Å²) in [7, 11) is 1.85. The standard InChI is InChI=1S/C26H40O4Si/c1-25(2,3)20-14-17(28-7)15-21(26(4,5)6)23(20)30-24(27)19-13-12-18(31(9,10)11)16-22(19)29-8/h12-16,18-19H,1-11H3. The van der Waals surface area contributed by atoms with E-state index in [2.05, 4.69) is 73.3 Å². The molecule has 1 aliphatic rings. The molecule has 1 aromatic rings. The molecule has 0 fully saturated rings. The first-order valence-corrected chi connectivity index (χ1v) is 14.6. The number of hydrogen-bond donors (Lipinski definition) is 0. The van der Waals surface area contributed by atoms with Gasteiger partial charge in [0, 0.05) is 11.1 Å². The van der Waals surface area contributed by atoms with E-state index in [0.717, 1.165) is 16.9 Å². The SMILES string of the molecule is COC1=CC([Si](C)(C)C)C=CC1C(=O)Oc1c(C(C)(C)C)cc(OC)cc1C(C)(C)C. The van der Waals surface area contributed by atoms with Crippen LogP contribution >= 0.6 is 0 Å². The Morgan fingerprint density at radius 3 is 1.77 bits per heavy atom. The predicted molar refractivity (Wildman–Crippen MR) is 131 cm³/mol. The molecule has 1 aromatic carbocycles. The van der Waals surface area contributed by atoms with Crippen molar-refractivity contribution in [3.05, 3.63) is 47.2 Å². The average Bonchev–Trinajstić information content (AvgIpc) is 2.64. The highest BCUT2D eigenvalue weighted by Gasteiger charge is 2.35. The van der Waals surface area contributed by atoms with Crippen molar-refractivity contribution in [3.63, 3.8) is 0 Å². The molecule has 31 heavy (non-hydrogen) atoms. The molecule has 172 valence electrons. The zero-order valence-electron chi connectivity index (χ0n) is 21.2. The molecule has 0 radical (unpaired) electrons. The molecule has 0 bridgehead atoms. The Morgan fingerprint density at radius 2 is 1.39 bits per heavy atom. The molecule has 1 aliphatic carbocycles. The first-order valence-electron chi connectivity index (χ1n) is 11.0. The summed E-state index contributed by atoms with van der Waals surface area (Å²) in [5.74, 6) is 1.20. The van der Waals surface area contributed by atoms with Gasteiger partial charge in [-0.25, -0.2) is 0 Å². The first-order chi connectivity index (χ1) is 14.1. The highest BCUT2D eigenvalue weighted by atomic mass is 28.3. The summed E-state index contributed by atoms with van der Waals surface area (Å²) in [6.45, 7) is 19.6. The third kappa shape index (κ3) is 5.82. The van der Waals surface area contributed by atoms with E-state index in [1.165, 1.54) is 0 Å². The third-order valence-corrected chi connectivity index (χ3v) is 8.13. The van der Waals surface area contributed by atoms with Crippen LogP contribution in [0.15, 0.2) is 36.1 Å². The van der Waals surface area contributed by atoms with Gasteiger partial charge in [-0.15, -0.1) is 0 Å². The maximum atomic E-state index is 13.4. The van der Waals surface area contributed by atoms with E-state index in [4.69, 9.17) is 14.2 Å². The third-order valence-electron chi connectivity index (χ3n) is 5.77. The van der Waals surface area contributed by atoms with Gasteiger partial charge in [0.2, 0.25) is 0 Å². The van der Waals surface area contributed by atoms with Gasteiger partial charge in [-0.05, 0) is 34.6 Å². The van der Waals surface area contributed by atoms with Gasteiger partial charge in [0.15, 0.2) is 0 Å². The zero-order valence-corrected chi connectivity index (χ0v) is 22.2. The second kappa shape index (κ2) is 8.85. The topological polar surface area (TPSA) is 44.8 Å². The van der Waals surface area contributed by atoms with Crippen LogP contribution < -0.4 is 9.47 Å². The molecule has 5 heteroatoms. The van der Waals surface area contributed by atoms with Crippen molar-refractivity contribution in [1.29, 1.82) is 0 Å². The minimum absolute atomic E-state index is 0.227. The molecule has 2 rings (SSSR count). The predicted octanol–water partition coefficient (Wildman–Crippen LogP) is 6.62. The summed E-state index contributed by atoms with van der Waals surface area (Å²) in [5, 5.41) is 0. The summed E-state index contributed by atoms with van der Waals surface area (Å²) in [6, 6.07) is 3.95. The van der Waals surface area contributed by atoms with Crippen molar-refractivity contribution in [2.24, 2.45) is 5.92 Å². The maximum Gasteiger partial charge on any atom is 0.325 e. The van der Waals surface area contributed by atoms with Crippen molar-refractivity contribution in [3.8, 4) is 11.5 Å². The Bertz CT molecular complexity index is 841. The fraction of sp³-hybridized carbons (Fsp3) is 0.577.